The van der Waals surface area contributed by atoms with Gasteiger partial charge in [0.2, 0.25) is 5.91 Å². The van der Waals surface area contributed by atoms with Crippen LogP contribution in [0.3, 0.4) is 0 Å². The minimum absolute atomic E-state index is 0.231. The molecule has 0 radical (unpaired) electrons. The van der Waals surface area contributed by atoms with Gasteiger partial charge in [-0.1, -0.05) is 6.07 Å². The molecule has 3 aromatic rings. The molecule has 0 unspecified atom stereocenters. The van der Waals surface area contributed by atoms with Crippen molar-refractivity contribution < 1.29 is 4.79 Å². The van der Waals surface area contributed by atoms with Gasteiger partial charge >= 0.3 is 0 Å². The zero-order chi connectivity index (χ0) is 17.1. The van der Waals surface area contributed by atoms with Crippen molar-refractivity contribution in [2.45, 2.75) is 26.7 Å². The van der Waals surface area contributed by atoms with Crippen molar-refractivity contribution in [2.24, 2.45) is 5.73 Å². The number of amides is 1. The van der Waals surface area contributed by atoms with Crippen molar-refractivity contribution in [3.63, 3.8) is 0 Å². The van der Waals surface area contributed by atoms with E-state index in [2.05, 4.69) is 20.1 Å². The Morgan fingerprint density at radius 3 is 2.62 bits per heavy atom. The fraction of sp³-hybridized carbons (Fsp3) is 0.235. The van der Waals surface area contributed by atoms with Crippen molar-refractivity contribution in [3.8, 4) is 17.3 Å². The summed E-state index contributed by atoms with van der Waals surface area (Å²) in [5.41, 5.74) is 9.23. The Labute approximate surface area is 139 Å². The molecule has 0 aliphatic heterocycles. The maximum Gasteiger partial charge on any atom is 0.251 e. The highest BCUT2D eigenvalue weighted by Gasteiger charge is 2.12. The first-order valence-electron chi connectivity index (χ1n) is 7.64. The lowest BCUT2D eigenvalue weighted by Gasteiger charge is -2.08. The molecule has 0 atom stereocenters. The zero-order valence-electron chi connectivity index (χ0n) is 13.6. The van der Waals surface area contributed by atoms with Gasteiger partial charge in [0.15, 0.2) is 0 Å². The largest absolute Gasteiger partial charge is 0.370 e. The van der Waals surface area contributed by atoms with E-state index >= 15 is 0 Å². The highest BCUT2D eigenvalue weighted by Crippen LogP contribution is 2.18. The van der Waals surface area contributed by atoms with Crippen LogP contribution in [0.4, 0.5) is 0 Å². The molecule has 7 heteroatoms. The molecule has 3 aromatic heterocycles. The summed E-state index contributed by atoms with van der Waals surface area (Å²) >= 11 is 0. The summed E-state index contributed by atoms with van der Waals surface area (Å²) in [6.07, 6.45) is 2.39. The summed E-state index contributed by atoms with van der Waals surface area (Å²) in [5.74, 6) is 0.101. The molecule has 0 aromatic carbocycles. The van der Waals surface area contributed by atoms with Crippen LogP contribution in [0.5, 0.6) is 0 Å². The first-order valence-corrected chi connectivity index (χ1v) is 7.64. The van der Waals surface area contributed by atoms with Gasteiger partial charge in [-0.05, 0) is 44.5 Å². The molecule has 0 aliphatic carbocycles. The number of carbonyl (C=O) groups is 1. The molecule has 0 bridgehead atoms. The molecule has 7 nitrogen and oxygen atoms in total. The number of pyridine rings is 1. The number of nitrogens with two attached hydrogens (primary N) is 1. The van der Waals surface area contributed by atoms with Crippen molar-refractivity contribution in [1.29, 1.82) is 0 Å². The summed E-state index contributed by atoms with van der Waals surface area (Å²) in [7, 11) is 0. The summed E-state index contributed by atoms with van der Waals surface area (Å²) in [6.45, 7) is 3.86. The van der Waals surface area contributed by atoms with Gasteiger partial charge in [0, 0.05) is 24.0 Å². The highest BCUT2D eigenvalue weighted by atomic mass is 16.1. The van der Waals surface area contributed by atoms with Crippen LogP contribution in [-0.4, -0.2) is 30.6 Å². The molecule has 0 fully saturated rings. The van der Waals surface area contributed by atoms with Crippen molar-refractivity contribution in [3.05, 3.63) is 53.6 Å². The number of primary amides is 1. The van der Waals surface area contributed by atoms with Crippen LogP contribution in [0, 0.1) is 13.8 Å². The number of hydrogen-bond donors (Lipinski definition) is 1. The maximum atomic E-state index is 11.1. The Balaban J connectivity index is 2.09. The van der Waals surface area contributed by atoms with E-state index in [9.17, 15) is 4.79 Å². The Kier molecular flexibility index (Phi) is 4.33. The van der Waals surface area contributed by atoms with E-state index in [0.717, 1.165) is 22.8 Å². The van der Waals surface area contributed by atoms with Crippen LogP contribution in [0.2, 0.25) is 0 Å². The van der Waals surface area contributed by atoms with Gasteiger partial charge in [0.25, 0.3) is 5.95 Å². The van der Waals surface area contributed by atoms with Gasteiger partial charge in [-0.2, -0.15) is 5.10 Å². The molecule has 24 heavy (non-hydrogen) atoms. The molecule has 0 saturated carbocycles. The van der Waals surface area contributed by atoms with Crippen molar-refractivity contribution in [2.75, 3.05) is 0 Å². The average Bonchev–Trinajstić information content (AvgIpc) is 2.92. The topological polar surface area (TPSA) is 99.6 Å². The van der Waals surface area contributed by atoms with Crippen molar-refractivity contribution in [1.82, 2.24) is 24.7 Å². The van der Waals surface area contributed by atoms with Gasteiger partial charge in [-0.15, -0.1) is 0 Å². The quantitative estimate of drug-likeness (QED) is 0.771. The monoisotopic (exact) mass is 322 g/mol. The van der Waals surface area contributed by atoms with Crippen LogP contribution in [0.1, 0.15) is 23.5 Å². The SMILES string of the molecule is Cc1cc(C)n(-c2nc(CCC(N)=O)cc(-c3ccccn3)n2)n1. The molecule has 2 N–H and O–H groups in total. The Morgan fingerprint density at radius 1 is 1.17 bits per heavy atom. The van der Waals surface area contributed by atoms with Crippen LogP contribution in [0.25, 0.3) is 17.3 Å². The van der Waals surface area contributed by atoms with E-state index in [1.54, 1.807) is 10.9 Å². The molecule has 1 amide bonds. The van der Waals surface area contributed by atoms with E-state index in [-0.39, 0.29) is 12.3 Å². The Morgan fingerprint density at radius 2 is 2.00 bits per heavy atom. The summed E-state index contributed by atoms with van der Waals surface area (Å²) < 4.78 is 1.69. The van der Waals surface area contributed by atoms with Gasteiger partial charge in [0.1, 0.15) is 0 Å². The van der Waals surface area contributed by atoms with Gasteiger partial charge in [-0.3, -0.25) is 9.78 Å². The number of hydrogen-bond acceptors (Lipinski definition) is 5. The van der Waals surface area contributed by atoms with E-state index in [0.29, 0.717) is 18.1 Å². The van der Waals surface area contributed by atoms with E-state index in [1.807, 2.05) is 44.2 Å². The molecule has 3 heterocycles. The summed E-state index contributed by atoms with van der Waals surface area (Å²) in [4.78, 5) is 24.5. The maximum absolute atomic E-state index is 11.1. The fourth-order valence-corrected chi connectivity index (χ4v) is 2.43. The molecular formula is C17H18N6O. The zero-order valence-corrected chi connectivity index (χ0v) is 13.6. The lowest BCUT2D eigenvalue weighted by molar-refractivity contribution is -0.118. The third-order valence-electron chi connectivity index (χ3n) is 3.52. The average molecular weight is 322 g/mol. The fourth-order valence-electron chi connectivity index (χ4n) is 2.43. The molecular weight excluding hydrogens is 304 g/mol. The van der Waals surface area contributed by atoms with Gasteiger partial charge < -0.3 is 5.73 Å². The van der Waals surface area contributed by atoms with Gasteiger partial charge in [0.05, 0.1) is 17.1 Å². The summed E-state index contributed by atoms with van der Waals surface area (Å²) in [5, 5.41) is 4.43. The molecule has 122 valence electrons. The second-order valence-electron chi connectivity index (χ2n) is 5.56. The van der Waals surface area contributed by atoms with Gasteiger partial charge in [-0.25, -0.2) is 14.6 Å². The highest BCUT2D eigenvalue weighted by molar-refractivity contribution is 5.74. The predicted molar refractivity (Wildman–Crippen MR) is 89.4 cm³/mol. The number of carbonyl (C=O) groups excluding carboxylic acids is 1. The minimum Gasteiger partial charge on any atom is -0.370 e. The van der Waals surface area contributed by atoms with Crippen LogP contribution >= 0.6 is 0 Å². The number of rotatable bonds is 5. The Bertz CT molecular complexity index is 872. The smallest absolute Gasteiger partial charge is 0.251 e. The normalized spacial score (nSPS) is 10.8. The van der Waals surface area contributed by atoms with E-state index < -0.39 is 0 Å². The van der Waals surface area contributed by atoms with Crippen molar-refractivity contribution >= 4 is 5.91 Å². The second kappa shape index (κ2) is 6.57. The number of aryl methyl sites for hydroxylation is 3. The van der Waals surface area contributed by atoms with Crippen LogP contribution < -0.4 is 5.73 Å². The van der Waals surface area contributed by atoms with E-state index in [1.165, 1.54) is 0 Å². The number of nitrogens with zero attached hydrogens (tertiary/aromatic N) is 5. The Hall–Kier alpha value is -3.09. The first kappa shape index (κ1) is 15.8. The lowest BCUT2D eigenvalue weighted by atomic mass is 10.2. The lowest BCUT2D eigenvalue weighted by Crippen LogP contribution is -2.13. The second-order valence-corrected chi connectivity index (χ2v) is 5.56. The number of aromatic nitrogens is 5. The van der Waals surface area contributed by atoms with Crippen LogP contribution in [0.15, 0.2) is 36.5 Å². The third-order valence-corrected chi connectivity index (χ3v) is 3.52. The molecule has 3 rings (SSSR count). The molecule has 0 spiro atoms. The minimum atomic E-state index is -0.360. The van der Waals surface area contributed by atoms with E-state index in [4.69, 9.17) is 5.73 Å². The first-order chi connectivity index (χ1) is 11.5. The standard InChI is InChI=1S/C17H18N6O/c1-11-9-12(2)23(22-11)17-20-13(6-7-16(18)24)10-15(21-17)14-5-3-4-8-19-14/h3-5,8-10H,6-7H2,1-2H3,(H2,18,24). The predicted octanol–water partition coefficient (Wildman–Crippen LogP) is 1.76. The third kappa shape index (κ3) is 3.45. The van der Waals surface area contributed by atoms with Crippen LogP contribution in [-0.2, 0) is 11.2 Å². The molecule has 0 saturated heterocycles. The molecule has 0 aliphatic rings. The summed E-state index contributed by atoms with van der Waals surface area (Å²) in [6, 6.07) is 9.42.